The van der Waals surface area contributed by atoms with Gasteiger partial charge in [-0.3, -0.25) is 4.90 Å². The molecule has 1 aliphatic heterocycles. The highest BCUT2D eigenvalue weighted by molar-refractivity contribution is 7.20. The molecule has 0 aliphatic carbocycles. The normalized spacial score (nSPS) is 20.9. The van der Waals surface area contributed by atoms with Crippen molar-refractivity contribution in [3.8, 4) is 11.5 Å². The van der Waals surface area contributed by atoms with E-state index < -0.39 is 0 Å². The van der Waals surface area contributed by atoms with Gasteiger partial charge in [-0.15, -0.1) is 11.3 Å². The smallest absolute Gasteiger partial charge is 0.260 e. The molecule has 102 valence electrons. The summed E-state index contributed by atoms with van der Waals surface area (Å²) in [5.41, 5.74) is 0.696. The monoisotopic (exact) mass is 318 g/mol. The molecule has 3 heterocycles. The number of rotatable bonds is 2. The molecule has 3 rings (SSSR count). The first kappa shape index (κ1) is 13.3. The molecule has 0 bridgehead atoms. The van der Waals surface area contributed by atoms with Gasteiger partial charge in [0.15, 0.2) is 5.82 Å². The van der Waals surface area contributed by atoms with Crippen molar-refractivity contribution in [3.63, 3.8) is 0 Å². The highest BCUT2D eigenvalue weighted by Crippen LogP contribution is 2.37. The number of hydrogen-bond acceptors (Lipinski definition) is 6. The summed E-state index contributed by atoms with van der Waals surface area (Å²) >= 11 is 13.3. The van der Waals surface area contributed by atoms with Crippen LogP contribution in [0.25, 0.3) is 11.5 Å². The number of nitrogens with zero attached hydrogens (tertiary/aromatic N) is 3. The van der Waals surface area contributed by atoms with Gasteiger partial charge < -0.3 is 9.84 Å². The number of likely N-dealkylation sites (N-methyl/N-ethyl adjacent to an activating group) is 1. The number of aromatic nitrogens is 2. The molecule has 1 unspecified atom stereocenters. The molecular weight excluding hydrogens is 307 g/mol. The number of thiophene rings is 1. The first-order chi connectivity index (χ1) is 9.15. The van der Waals surface area contributed by atoms with Crippen LogP contribution in [0.1, 0.15) is 11.9 Å². The average molecular weight is 319 g/mol. The maximum atomic E-state index is 6.09. The number of hydrogen-bond donors (Lipinski definition) is 1. The van der Waals surface area contributed by atoms with Crippen molar-refractivity contribution in [3.05, 3.63) is 20.6 Å². The van der Waals surface area contributed by atoms with Crippen molar-refractivity contribution in [2.24, 2.45) is 0 Å². The van der Waals surface area contributed by atoms with Crippen molar-refractivity contribution in [1.29, 1.82) is 0 Å². The number of halogens is 2. The predicted octanol–water partition coefficient (Wildman–Crippen LogP) is 2.68. The van der Waals surface area contributed by atoms with Crippen LogP contribution in [0.3, 0.4) is 0 Å². The second-order valence-electron chi connectivity index (χ2n) is 4.40. The fourth-order valence-electron chi connectivity index (χ4n) is 2.06. The molecule has 19 heavy (non-hydrogen) atoms. The Bertz CT molecular complexity index is 585. The molecule has 0 saturated carbocycles. The van der Waals surface area contributed by atoms with E-state index in [-0.39, 0.29) is 6.04 Å². The first-order valence-corrected chi connectivity index (χ1v) is 7.42. The van der Waals surface area contributed by atoms with Gasteiger partial charge in [0, 0.05) is 19.6 Å². The second kappa shape index (κ2) is 5.38. The van der Waals surface area contributed by atoms with Gasteiger partial charge in [0.1, 0.15) is 4.34 Å². The fourth-order valence-corrected chi connectivity index (χ4v) is 3.51. The zero-order valence-corrected chi connectivity index (χ0v) is 12.5. The van der Waals surface area contributed by atoms with Gasteiger partial charge in [0.05, 0.1) is 15.9 Å². The molecule has 0 amide bonds. The molecule has 1 N–H and O–H groups in total. The summed E-state index contributed by atoms with van der Waals surface area (Å²) in [7, 11) is 2.05. The highest BCUT2D eigenvalue weighted by atomic mass is 35.5. The fraction of sp³-hybridized carbons (Fsp3) is 0.455. The Morgan fingerprint density at radius 2 is 2.37 bits per heavy atom. The van der Waals surface area contributed by atoms with Gasteiger partial charge in [-0.25, -0.2) is 0 Å². The Kier molecular flexibility index (Phi) is 3.77. The van der Waals surface area contributed by atoms with Crippen LogP contribution in [0.4, 0.5) is 0 Å². The quantitative estimate of drug-likeness (QED) is 0.922. The van der Waals surface area contributed by atoms with E-state index in [2.05, 4.69) is 27.4 Å². The minimum Gasteiger partial charge on any atom is -0.334 e. The number of nitrogens with one attached hydrogen (secondary N) is 1. The highest BCUT2D eigenvalue weighted by Gasteiger charge is 2.26. The number of piperazine rings is 1. The second-order valence-corrected chi connectivity index (χ2v) is 6.68. The molecular formula is C11H12Cl2N4OS. The van der Waals surface area contributed by atoms with E-state index in [1.165, 1.54) is 11.3 Å². The van der Waals surface area contributed by atoms with Crippen LogP contribution in [0, 0.1) is 0 Å². The van der Waals surface area contributed by atoms with Gasteiger partial charge in [-0.1, -0.05) is 28.4 Å². The Balaban J connectivity index is 1.88. The maximum Gasteiger partial charge on any atom is 0.260 e. The summed E-state index contributed by atoms with van der Waals surface area (Å²) in [4.78, 5) is 6.63. The molecule has 2 aromatic heterocycles. The summed E-state index contributed by atoms with van der Waals surface area (Å²) in [5.74, 6) is 1.09. The van der Waals surface area contributed by atoms with Crippen LogP contribution in [-0.2, 0) is 0 Å². The molecule has 1 atom stereocenters. The van der Waals surface area contributed by atoms with Crippen LogP contribution >= 0.6 is 34.5 Å². The zero-order chi connectivity index (χ0) is 13.4. The predicted molar refractivity (Wildman–Crippen MR) is 75.9 cm³/mol. The van der Waals surface area contributed by atoms with Gasteiger partial charge >= 0.3 is 0 Å². The Labute approximate surface area is 124 Å². The third-order valence-electron chi connectivity index (χ3n) is 3.14. The Hall–Kier alpha value is -0.660. The van der Waals surface area contributed by atoms with Crippen molar-refractivity contribution in [2.45, 2.75) is 6.04 Å². The van der Waals surface area contributed by atoms with E-state index in [1.807, 2.05) is 0 Å². The third kappa shape index (κ3) is 2.64. The van der Waals surface area contributed by atoms with E-state index in [4.69, 9.17) is 27.7 Å². The van der Waals surface area contributed by atoms with Crippen LogP contribution < -0.4 is 5.32 Å². The molecule has 1 fully saturated rings. The van der Waals surface area contributed by atoms with Crippen LogP contribution in [-0.4, -0.2) is 41.7 Å². The summed E-state index contributed by atoms with van der Waals surface area (Å²) < 4.78 is 6.47. The van der Waals surface area contributed by atoms with Crippen molar-refractivity contribution < 1.29 is 4.52 Å². The lowest BCUT2D eigenvalue weighted by atomic mass is 10.2. The SMILES string of the molecule is CN1CCNCC1c1noc(-c2cc(Cl)sc2Cl)n1. The Morgan fingerprint density at radius 1 is 1.53 bits per heavy atom. The summed E-state index contributed by atoms with van der Waals surface area (Å²) in [6.07, 6.45) is 0. The minimum atomic E-state index is 0.124. The van der Waals surface area contributed by atoms with Gasteiger partial charge in [-0.2, -0.15) is 4.98 Å². The molecule has 2 aromatic rings. The van der Waals surface area contributed by atoms with Crippen LogP contribution in [0.5, 0.6) is 0 Å². The Morgan fingerprint density at radius 3 is 3.05 bits per heavy atom. The summed E-state index contributed by atoms with van der Waals surface area (Å²) in [6.45, 7) is 2.75. The molecule has 0 spiro atoms. The lowest BCUT2D eigenvalue weighted by molar-refractivity contribution is 0.190. The van der Waals surface area contributed by atoms with Gasteiger partial charge in [0.25, 0.3) is 5.89 Å². The molecule has 8 heteroatoms. The largest absolute Gasteiger partial charge is 0.334 e. The van der Waals surface area contributed by atoms with Crippen molar-refractivity contribution in [2.75, 3.05) is 26.7 Å². The van der Waals surface area contributed by atoms with Gasteiger partial charge in [0.2, 0.25) is 0 Å². The maximum absolute atomic E-state index is 6.09. The average Bonchev–Trinajstić information content (AvgIpc) is 2.96. The van der Waals surface area contributed by atoms with Crippen molar-refractivity contribution >= 4 is 34.5 Å². The third-order valence-corrected chi connectivity index (χ3v) is 4.63. The molecule has 1 saturated heterocycles. The van der Waals surface area contributed by atoms with E-state index >= 15 is 0 Å². The lowest BCUT2D eigenvalue weighted by Crippen LogP contribution is -2.44. The minimum absolute atomic E-state index is 0.124. The summed E-state index contributed by atoms with van der Waals surface area (Å²) in [6, 6.07) is 1.87. The van der Waals surface area contributed by atoms with E-state index in [1.54, 1.807) is 6.07 Å². The standard InChI is InChI=1S/C11H12Cl2N4OS/c1-17-3-2-14-5-7(17)10-15-11(18-16-10)6-4-8(12)19-9(6)13/h4,7,14H,2-3,5H2,1H3. The van der Waals surface area contributed by atoms with Gasteiger partial charge in [-0.05, 0) is 13.1 Å². The van der Waals surface area contributed by atoms with E-state index in [0.717, 1.165) is 19.6 Å². The van der Waals surface area contributed by atoms with Crippen LogP contribution in [0.2, 0.25) is 8.67 Å². The topological polar surface area (TPSA) is 54.2 Å². The molecule has 0 radical (unpaired) electrons. The van der Waals surface area contributed by atoms with Crippen molar-refractivity contribution in [1.82, 2.24) is 20.4 Å². The van der Waals surface area contributed by atoms with Crippen LogP contribution in [0.15, 0.2) is 10.6 Å². The molecule has 1 aliphatic rings. The van der Waals surface area contributed by atoms with E-state index in [0.29, 0.717) is 26.0 Å². The molecule has 0 aromatic carbocycles. The zero-order valence-electron chi connectivity index (χ0n) is 10.2. The molecule has 5 nitrogen and oxygen atoms in total. The lowest BCUT2D eigenvalue weighted by Gasteiger charge is -2.30. The first-order valence-electron chi connectivity index (χ1n) is 5.85. The summed E-state index contributed by atoms with van der Waals surface area (Å²) in [5, 5.41) is 7.37. The van der Waals surface area contributed by atoms with E-state index in [9.17, 15) is 0 Å².